The molecule has 2 aliphatic rings. The van der Waals surface area contributed by atoms with Crippen LogP contribution < -0.4 is 10.6 Å². The van der Waals surface area contributed by atoms with E-state index in [-0.39, 0.29) is 11.3 Å². The molecule has 4 heterocycles. The van der Waals surface area contributed by atoms with Crippen molar-refractivity contribution < 1.29 is 9.53 Å². The van der Waals surface area contributed by atoms with Crippen LogP contribution in [0.2, 0.25) is 0 Å². The number of nitriles is 1. The number of piperidine rings is 1. The van der Waals surface area contributed by atoms with Crippen molar-refractivity contribution in [2.75, 3.05) is 44.7 Å². The summed E-state index contributed by atoms with van der Waals surface area (Å²) in [6.45, 7) is 4.21. The molecular formula is C28H32N6O2S. The van der Waals surface area contributed by atoms with Crippen LogP contribution in [0.3, 0.4) is 0 Å². The van der Waals surface area contributed by atoms with E-state index in [2.05, 4.69) is 38.7 Å². The third-order valence-corrected chi connectivity index (χ3v) is 8.14. The normalized spacial score (nSPS) is 19.6. The molecular weight excluding hydrogens is 484 g/mol. The van der Waals surface area contributed by atoms with E-state index in [9.17, 15) is 4.79 Å². The van der Waals surface area contributed by atoms with Gasteiger partial charge in [0.2, 0.25) is 0 Å². The maximum absolute atomic E-state index is 13.0. The van der Waals surface area contributed by atoms with Crippen molar-refractivity contribution >= 4 is 28.2 Å². The van der Waals surface area contributed by atoms with Gasteiger partial charge in [-0.25, -0.2) is 9.97 Å². The van der Waals surface area contributed by atoms with Gasteiger partial charge in [0.05, 0.1) is 12.6 Å². The van der Waals surface area contributed by atoms with E-state index in [1.165, 1.54) is 16.9 Å². The molecule has 2 fully saturated rings. The zero-order valence-corrected chi connectivity index (χ0v) is 21.7. The highest BCUT2D eigenvalue weighted by atomic mass is 32.1. The molecule has 2 aromatic heterocycles. The zero-order valence-electron chi connectivity index (χ0n) is 20.9. The van der Waals surface area contributed by atoms with Gasteiger partial charge in [0.15, 0.2) is 5.13 Å². The third-order valence-electron chi connectivity index (χ3n) is 7.38. The molecule has 2 N–H and O–H groups in total. The second-order valence-corrected chi connectivity index (χ2v) is 10.6. The first-order valence-corrected chi connectivity index (χ1v) is 13.7. The number of amides is 1. The van der Waals surface area contributed by atoms with Crippen molar-refractivity contribution in [3.05, 3.63) is 70.9 Å². The van der Waals surface area contributed by atoms with Gasteiger partial charge in [-0.3, -0.25) is 9.69 Å². The smallest absolute Gasteiger partial charge is 0.270 e. The predicted octanol–water partition coefficient (Wildman–Crippen LogP) is 4.46. The van der Waals surface area contributed by atoms with Crippen molar-refractivity contribution in [3.8, 4) is 6.07 Å². The number of ether oxygens (including phenoxy) is 1. The van der Waals surface area contributed by atoms with Gasteiger partial charge in [-0.15, -0.1) is 11.3 Å². The first-order valence-electron chi connectivity index (χ1n) is 12.9. The Labute approximate surface area is 221 Å². The molecule has 0 bridgehead atoms. The molecule has 0 spiro atoms. The maximum Gasteiger partial charge on any atom is 0.270 e. The van der Waals surface area contributed by atoms with Crippen LogP contribution >= 0.6 is 11.3 Å². The van der Waals surface area contributed by atoms with Crippen LogP contribution in [0.5, 0.6) is 0 Å². The van der Waals surface area contributed by atoms with Crippen LogP contribution in [0.25, 0.3) is 0 Å². The van der Waals surface area contributed by atoms with E-state index in [0.29, 0.717) is 48.9 Å². The lowest BCUT2D eigenvalue weighted by Gasteiger charge is -2.37. The number of rotatable bonds is 8. The SMILES string of the molecule is N#CCN1CCCC(c2cccc(Nc3nc(C(=O)NCC4(c5ccccc5)CCOCC4)cs3)n2)C1. The van der Waals surface area contributed by atoms with E-state index in [4.69, 9.17) is 15.0 Å². The Bertz CT molecular complexity index is 1230. The van der Waals surface area contributed by atoms with E-state index >= 15 is 0 Å². The highest BCUT2D eigenvalue weighted by molar-refractivity contribution is 7.14. The largest absolute Gasteiger partial charge is 0.381 e. The molecule has 1 unspecified atom stereocenters. The minimum absolute atomic E-state index is 0.126. The number of likely N-dealkylation sites (tertiary alicyclic amines) is 1. The minimum atomic E-state index is -0.174. The lowest BCUT2D eigenvalue weighted by Crippen LogP contribution is -2.44. The molecule has 1 aromatic carbocycles. The van der Waals surface area contributed by atoms with E-state index in [1.54, 1.807) is 5.38 Å². The van der Waals surface area contributed by atoms with Crippen molar-refractivity contribution in [1.29, 1.82) is 5.26 Å². The third kappa shape index (κ3) is 6.16. The lowest BCUT2D eigenvalue weighted by atomic mass is 9.74. The number of hydrogen-bond acceptors (Lipinski definition) is 8. The Morgan fingerprint density at radius 3 is 2.81 bits per heavy atom. The second-order valence-electron chi connectivity index (χ2n) is 9.78. The summed E-state index contributed by atoms with van der Waals surface area (Å²) in [5.74, 6) is 0.845. The average molecular weight is 517 g/mol. The van der Waals surface area contributed by atoms with E-state index < -0.39 is 0 Å². The topological polar surface area (TPSA) is 103 Å². The molecule has 1 amide bonds. The molecule has 0 saturated carbocycles. The molecule has 0 aliphatic carbocycles. The number of hydrogen-bond donors (Lipinski definition) is 2. The van der Waals surface area contributed by atoms with Crippen molar-refractivity contribution in [3.63, 3.8) is 0 Å². The van der Waals surface area contributed by atoms with Gasteiger partial charge in [-0.1, -0.05) is 36.4 Å². The first-order chi connectivity index (χ1) is 18.1. The highest BCUT2D eigenvalue weighted by Crippen LogP contribution is 2.34. The first kappa shape index (κ1) is 25.3. The Hall–Kier alpha value is -3.32. The number of carbonyl (C=O) groups excluding carboxylic acids is 1. The summed E-state index contributed by atoms with van der Waals surface area (Å²) in [5, 5.41) is 17.8. The Kier molecular flexibility index (Phi) is 8.09. The van der Waals surface area contributed by atoms with Gasteiger partial charge in [0.1, 0.15) is 11.5 Å². The highest BCUT2D eigenvalue weighted by Gasteiger charge is 2.35. The number of nitrogens with one attached hydrogen (secondary N) is 2. The van der Waals surface area contributed by atoms with Crippen LogP contribution in [-0.4, -0.2) is 60.2 Å². The molecule has 2 saturated heterocycles. The monoisotopic (exact) mass is 516 g/mol. The summed E-state index contributed by atoms with van der Waals surface area (Å²) in [5.41, 5.74) is 2.53. The molecule has 37 heavy (non-hydrogen) atoms. The predicted molar refractivity (Wildman–Crippen MR) is 144 cm³/mol. The number of thiazole rings is 1. The van der Waals surface area contributed by atoms with Crippen LogP contribution in [0, 0.1) is 11.3 Å². The van der Waals surface area contributed by atoms with Crippen molar-refractivity contribution in [1.82, 2.24) is 20.2 Å². The molecule has 3 aromatic rings. The zero-order chi connectivity index (χ0) is 25.5. The molecule has 8 nitrogen and oxygen atoms in total. The summed E-state index contributed by atoms with van der Waals surface area (Å²) >= 11 is 1.39. The number of nitrogens with zero attached hydrogens (tertiary/aromatic N) is 4. The molecule has 0 radical (unpaired) electrons. The summed E-state index contributed by atoms with van der Waals surface area (Å²) in [6.07, 6.45) is 3.88. The average Bonchev–Trinajstić information content (AvgIpc) is 3.42. The van der Waals surface area contributed by atoms with Crippen molar-refractivity contribution in [2.24, 2.45) is 0 Å². The van der Waals surface area contributed by atoms with Crippen LogP contribution in [0.1, 0.15) is 53.3 Å². The van der Waals surface area contributed by atoms with Gasteiger partial charge < -0.3 is 15.4 Å². The quantitative estimate of drug-likeness (QED) is 0.426. The summed E-state index contributed by atoms with van der Waals surface area (Å²) in [7, 11) is 0. The lowest BCUT2D eigenvalue weighted by molar-refractivity contribution is 0.0487. The Balaban J connectivity index is 1.21. The second kappa shape index (κ2) is 11.8. The number of pyridine rings is 1. The van der Waals surface area contributed by atoms with Gasteiger partial charge in [-0.2, -0.15) is 5.26 Å². The van der Waals surface area contributed by atoms with Gasteiger partial charge in [0, 0.05) is 48.7 Å². The number of carbonyl (C=O) groups is 1. The van der Waals surface area contributed by atoms with Gasteiger partial charge in [-0.05, 0) is 49.9 Å². The summed E-state index contributed by atoms with van der Waals surface area (Å²) < 4.78 is 5.61. The molecule has 5 rings (SSSR count). The number of anilines is 2. The van der Waals surface area contributed by atoms with Crippen molar-refractivity contribution in [2.45, 2.75) is 37.0 Å². The standard InChI is InChI=1S/C28H32N6O2S/c29-13-15-34-14-5-6-21(18-34)23-9-4-10-25(31-23)33-27-32-24(19-37-27)26(35)30-20-28(11-16-36-17-12-28)22-7-2-1-3-8-22/h1-4,7-10,19,21H,5-6,11-12,14-18,20H2,(H,30,35)(H,31,32,33). The molecule has 1 atom stereocenters. The van der Waals surface area contributed by atoms with E-state index in [1.807, 2.05) is 36.4 Å². The van der Waals surface area contributed by atoms with E-state index in [0.717, 1.165) is 44.5 Å². The van der Waals surface area contributed by atoms with Gasteiger partial charge >= 0.3 is 0 Å². The Morgan fingerprint density at radius 1 is 1.16 bits per heavy atom. The molecule has 9 heteroatoms. The Morgan fingerprint density at radius 2 is 2.00 bits per heavy atom. The molecule has 192 valence electrons. The van der Waals surface area contributed by atoms with Crippen LogP contribution in [-0.2, 0) is 10.2 Å². The minimum Gasteiger partial charge on any atom is -0.381 e. The fraction of sp³-hybridized carbons (Fsp3) is 0.429. The fourth-order valence-corrected chi connectivity index (χ4v) is 5.99. The maximum atomic E-state index is 13.0. The van der Waals surface area contributed by atoms with Gasteiger partial charge in [0.25, 0.3) is 5.91 Å². The van der Waals surface area contributed by atoms with Crippen LogP contribution in [0.15, 0.2) is 53.9 Å². The number of benzene rings is 1. The summed E-state index contributed by atoms with van der Waals surface area (Å²) in [6, 6.07) is 18.6. The van der Waals surface area contributed by atoms with Crippen LogP contribution in [0.4, 0.5) is 10.9 Å². The molecule has 2 aliphatic heterocycles. The fourth-order valence-electron chi connectivity index (χ4n) is 5.30. The summed E-state index contributed by atoms with van der Waals surface area (Å²) in [4.78, 5) is 24.5. The number of aromatic nitrogens is 2.